The highest BCUT2D eigenvalue weighted by Gasteiger charge is 2.39. The lowest BCUT2D eigenvalue weighted by Gasteiger charge is -2.39. The lowest BCUT2D eigenvalue weighted by atomic mass is 9.79. The van der Waals surface area contributed by atoms with Crippen molar-refractivity contribution in [2.45, 2.75) is 77.2 Å². The lowest BCUT2D eigenvalue weighted by Crippen LogP contribution is -2.40. The third-order valence-electron chi connectivity index (χ3n) is 6.09. The molecule has 2 heterocycles. The Bertz CT molecular complexity index is 585. The van der Waals surface area contributed by atoms with E-state index in [9.17, 15) is 0 Å². The average molecular weight is 379 g/mol. The first-order chi connectivity index (χ1) is 13.1. The van der Waals surface area contributed by atoms with Gasteiger partial charge in [0.2, 0.25) is 0 Å². The van der Waals surface area contributed by atoms with Gasteiger partial charge in [-0.1, -0.05) is 0 Å². The molecule has 154 valence electrons. The molecule has 1 aromatic rings. The predicted molar refractivity (Wildman–Crippen MR) is 108 cm³/mol. The minimum absolute atomic E-state index is 0.361. The van der Waals surface area contributed by atoms with Crippen LogP contribution in [0.4, 0.5) is 0 Å². The minimum atomic E-state index is -0.361. The molecule has 0 unspecified atom stereocenters. The van der Waals surface area contributed by atoms with Gasteiger partial charge in [-0.2, -0.15) is 5.10 Å². The van der Waals surface area contributed by atoms with E-state index in [0.717, 1.165) is 65.1 Å². The fraction of sp³-hybridized carbons (Fsp3) is 0.857. The summed E-state index contributed by atoms with van der Waals surface area (Å²) in [5, 5.41) is 8.25. The third-order valence-corrected chi connectivity index (χ3v) is 6.09. The summed E-state index contributed by atoms with van der Waals surface area (Å²) in [6, 6.07) is 0. The second-order valence-corrected chi connectivity index (χ2v) is 8.03. The van der Waals surface area contributed by atoms with Crippen LogP contribution in [0.3, 0.4) is 0 Å². The first-order valence-electron chi connectivity index (χ1n) is 10.8. The van der Waals surface area contributed by atoms with Crippen LogP contribution in [0.15, 0.2) is 0 Å². The Balaban J connectivity index is 1.74. The van der Waals surface area contributed by atoms with Gasteiger partial charge in [-0.25, -0.2) is 0 Å². The van der Waals surface area contributed by atoms with E-state index in [1.54, 1.807) is 5.56 Å². The fourth-order valence-electron chi connectivity index (χ4n) is 4.84. The summed E-state index contributed by atoms with van der Waals surface area (Å²) in [7, 11) is 4.21. The molecule has 1 N–H and O–H groups in total. The molecule has 0 radical (unpaired) electrons. The Hall–Kier alpha value is -0.950. The SMILES string of the molecule is CCOC1(OCC)CCC(c2c(CN(C)CCNC)nn3c2CCC3)CC1. The summed E-state index contributed by atoms with van der Waals surface area (Å²) in [6.45, 7) is 9.64. The molecule has 1 aliphatic heterocycles. The Kier molecular flexibility index (Phi) is 7.31. The van der Waals surface area contributed by atoms with Gasteiger partial charge in [0.05, 0.1) is 5.69 Å². The van der Waals surface area contributed by atoms with Crippen LogP contribution in [-0.4, -0.2) is 60.9 Å². The van der Waals surface area contributed by atoms with Gasteiger partial charge in [0.15, 0.2) is 5.79 Å². The quantitative estimate of drug-likeness (QED) is 0.635. The van der Waals surface area contributed by atoms with Gasteiger partial charge >= 0.3 is 0 Å². The Labute approximate surface area is 164 Å². The zero-order chi connectivity index (χ0) is 19.3. The van der Waals surface area contributed by atoms with Crippen LogP contribution in [0.5, 0.6) is 0 Å². The first kappa shape index (κ1) is 20.8. The molecule has 6 heteroatoms. The van der Waals surface area contributed by atoms with Gasteiger partial charge in [-0.3, -0.25) is 9.58 Å². The van der Waals surface area contributed by atoms with Crippen molar-refractivity contribution < 1.29 is 9.47 Å². The van der Waals surface area contributed by atoms with Crippen LogP contribution >= 0.6 is 0 Å². The Morgan fingerprint density at radius 2 is 1.93 bits per heavy atom. The monoisotopic (exact) mass is 378 g/mol. The van der Waals surface area contributed by atoms with Crippen molar-refractivity contribution in [1.82, 2.24) is 20.0 Å². The van der Waals surface area contributed by atoms with Crippen molar-refractivity contribution in [2.24, 2.45) is 0 Å². The van der Waals surface area contributed by atoms with Gasteiger partial charge in [0, 0.05) is 63.5 Å². The predicted octanol–water partition coefficient (Wildman–Crippen LogP) is 2.91. The molecule has 0 saturated heterocycles. The second-order valence-electron chi connectivity index (χ2n) is 8.03. The van der Waals surface area contributed by atoms with Crippen molar-refractivity contribution in [3.8, 4) is 0 Å². The second kappa shape index (κ2) is 9.50. The number of nitrogens with one attached hydrogen (secondary N) is 1. The summed E-state index contributed by atoms with van der Waals surface area (Å²) in [6.07, 6.45) is 6.65. The maximum Gasteiger partial charge on any atom is 0.168 e. The molecule has 2 aliphatic rings. The number of ether oxygens (including phenoxy) is 2. The Morgan fingerprint density at radius 1 is 1.22 bits per heavy atom. The van der Waals surface area contributed by atoms with Crippen LogP contribution in [0.25, 0.3) is 0 Å². The number of hydrogen-bond acceptors (Lipinski definition) is 5. The maximum absolute atomic E-state index is 6.05. The first-order valence-corrected chi connectivity index (χ1v) is 10.8. The fourth-order valence-corrected chi connectivity index (χ4v) is 4.84. The zero-order valence-electron chi connectivity index (χ0n) is 17.7. The van der Waals surface area contributed by atoms with Gasteiger partial charge in [-0.15, -0.1) is 0 Å². The summed E-state index contributed by atoms with van der Waals surface area (Å²) in [5.41, 5.74) is 4.34. The molecule has 27 heavy (non-hydrogen) atoms. The maximum atomic E-state index is 6.05. The lowest BCUT2D eigenvalue weighted by molar-refractivity contribution is -0.249. The van der Waals surface area contributed by atoms with Crippen molar-refractivity contribution >= 4 is 0 Å². The zero-order valence-corrected chi connectivity index (χ0v) is 17.7. The molecule has 0 atom stereocenters. The van der Waals surface area contributed by atoms with E-state index in [0.29, 0.717) is 5.92 Å². The molecule has 0 spiro atoms. The standard InChI is InChI=1S/C21H38N4O2/c1-5-26-21(27-6-2)11-9-17(10-12-21)20-18(16-24(4)15-13-22-3)23-25-14-7-8-19(20)25/h17,22H,5-16H2,1-4H3. The summed E-state index contributed by atoms with van der Waals surface area (Å²) in [4.78, 5) is 2.38. The highest BCUT2D eigenvalue weighted by Crippen LogP contribution is 2.43. The highest BCUT2D eigenvalue weighted by molar-refractivity contribution is 5.33. The van der Waals surface area contributed by atoms with E-state index in [4.69, 9.17) is 14.6 Å². The molecular weight excluding hydrogens is 340 g/mol. The molecule has 0 aromatic carbocycles. The van der Waals surface area contributed by atoms with E-state index < -0.39 is 0 Å². The van der Waals surface area contributed by atoms with Gasteiger partial charge in [-0.05, 0) is 59.5 Å². The number of rotatable bonds is 10. The third kappa shape index (κ3) is 4.73. The number of hydrogen-bond donors (Lipinski definition) is 1. The van der Waals surface area contributed by atoms with Crippen molar-refractivity contribution in [3.05, 3.63) is 17.0 Å². The summed E-state index contributed by atoms with van der Waals surface area (Å²) < 4.78 is 14.4. The average Bonchev–Trinajstić information content (AvgIpc) is 3.22. The minimum Gasteiger partial charge on any atom is -0.350 e. The Morgan fingerprint density at radius 3 is 2.56 bits per heavy atom. The van der Waals surface area contributed by atoms with Crippen LogP contribution in [0, 0.1) is 0 Å². The van der Waals surface area contributed by atoms with E-state index in [2.05, 4.69) is 35.8 Å². The van der Waals surface area contributed by atoms with Crippen molar-refractivity contribution in [1.29, 1.82) is 0 Å². The highest BCUT2D eigenvalue weighted by atomic mass is 16.7. The molecule has 0 amide bonds. The largest absolute Gasteiger partial charge is 0.350 e. The van der Waals surface area contributed by atoms with Crippen LogP contribution in [0.2, 0.25) is 0 Å². The number of aryl methyl sites for hydroxylation is 1. The number of likely N-dealkylation sites (N-methyl/N-ethyl adjacent to an activating group) is 2. The van der Waals surface area contributed by atoms with E-state index in [1.807, 2.05) is 7.05 Å². The molecule has 1 aromatic heterocycles. The van der Waals surface area contributed by atoms with Crippen molar-refractivity contribution in [2.75, 3.05) is 40.4 Å². The van der Waals surface area contributed by atoms with Crippen LogP contribution in [0.1, 0.15) is 68.8 Å². The van der Waals surface area contributed by atoms with Gasteiger partial charge in [0.1, 0.15) is 0 Å². The van der Waals surface area contributed by atoms with E-state index in [-0.39, 0.29) is 5.79 Å². The molecular formula is C21H38N4O2. The molecule has 0 bridgehead atoms. The molecule has 1 aliphatic carbocycles. The number of fused-ring (bicyclic) bond motifs is 1. The van der Waals surface area contributed by atoms with E-state index in [1.165, 1.54) is 24.2 Å². The van der Waals surface area contributed by atoms with Crippen LogP contribution in [-0.2, 0) is 29.0 Å². The summed E-state index contributed by atoms with van der Waals surface area (Å²) in [5.74, 6) is 0.230. The molecule has 1 fully saturated rings. The summed E-state index contributed by atoms with van der Waals surface area (Å²) >= 11 is 0. The van der Waals surface area contributed by atoms with Crippen molar-refractivity contribution in [3.63, 3.8) is 0 Å². The van der Waals surface area contributed by atoms with E-state index >= 15 is 0 Å². The normalized spacial score (nSPS) is 19.7. The van der Waals surface area contributed by atoms with Gasteiger partial charge < -0.3 is 14.8 Å². The molecule has 1 saturated carbocycles. The molecule has 6 nitrogen and oxygen atoms in total. The number of aromatic nitrogens is 2. The van der Waals surface area contributed by atoms with Crippen LogP contribution < -0.4 is 5.32 Å². The smallest absolute Gasteiger partial charge is 0.168 e. The number of nitrogens with zero attached hydrogens (tertiary/aromatic N) is 3. The molecule has 3 rings (SSSR count). The van der Waals surface area contributed by atoms with Gasteiger partial charge in [0.25, 0.3) is 0 Å². The topological polar surface area (TPSA) is 51.6 Å².